The highest BCUT2D eigenvalue weighted by Gasteiger charge is 2.32. The van der Waals surface area contributed by atoms with Gasteiger partial charge in [-0.3, -0.25) is 9.78 Å². The highest BCUT2D eigenvalue weighted by atomic mass is 19.1. The minimum atomic E-state index is -0.786. The Hall–Kier alpha value is -5.64. The lowest BCUT2D eigenvalue weighted by atomic mass is 9.97. The van der Waals surface area contributed by atoms with E-state index in [0.717, 1.165) is 34.7 Å². The minimum absolute atomic E-state index is 0.0104. The Kier molecular flexibility index (Phi) is 8.92. The Labute approximate surface area is 268 Å². The van der Waals surface area contributed by atoms with Crippen molar-refractivity contribution >= 4 is 33.4 Å². The van der Waals surface area contributed by atoms with Gasteiger partial charge in [0, 0.05) is 37.5 Å². The first-order chi connectivity index (χ1) is 22.8. The number of aromatic nitrogens is 5. The predicted molar refractivity (Wildman–Crippen MR) is 169 cm³/mol. The third-order valence-electron chi connectivity index (χ3n) is 8.05. The van der Waals surface area contributed by atoms with Crippen LogP contribution < -0.4 is 9.64 Å². The van der Waals surface area contributed by atoms with E-state index in [2.05, 4.69) is 31.0 Å². The van der Waals surface area contributed by atoms with Gasteiger partial charge in [0.15, 0.2) is 24.1 Å². The molecule has 0 aliphatic carbocycles. The lowest BCUT2D eigenvalue weighted by molar-refractivity contribution is -0.128. The summed E-state index contributed by atoms with van der Waals surface area (Å²) in [6, 6.07) is 12.8. The number of alkyl halides is 1. The summed E-state index contributed by atoms with van der Waals surface area (Å²) in [7, 11) is 0. The highest BCUT2D eigenvalue weighted by molar-refractivity contribution is 6.00. The highest BCUT2D eigenvalue weighted by Crippen LogP contribution is 2.36. The number of carbonyl (C=O) groups is 1. The zero-order valence-electron chi connectivity index (χ0n) is 25.6. The molecule has 238 valence electrons. The fourth-order valence-electron chi connectivity index (χ4n) is 5.80. The second-order valence-corrected chi connectivity index (χ2v) is 11.1. The Morgan fingerprint density at radius 2 is 1.89 bits per heavy atom. The van der Waals surface area contributed by atoms with E-state index in [1.807, 2.05) is 42.2 Å². The molecule has 0 spiro atoms. The number of piperazine rings is 1. The zero-order valence-corrected chi connectivity index (χ0v) is 25.6. The van der Waals surface area contributed by atoms with Crippen LogP contribution in [0.4, 0.5) is 19.0 Å². The predicted octanol–water partition coefficient (Wildman–Crippen LogP) is 5.57. The molecule has 13 heteroatoms. The first-order valence-electron chi connectivity index (χ1n) is 14.9. The van der Waals surface area contributed by atoms with Crippen molar-refractivity contribution in [3.8, 4) is 23.3 Å². The molecule has 1 fully saturated rings. The molecule has 0 radical (unpaired) electrons. The third-order valence-corrected chi connectivity index (χ3v) is 8.05. The van der Waals surface area contributed by atoms with Crippen LogP contribution >= 0.6 is 0 Å². The van der Waals surface area contributed by atoms with Gasteiger partial charge in [-0.15, -0.1) is 0 Å². The Balaban J connectivity index is 1.45. The molecular weight excluding hydrogens is 609 g/mol. The summed E-state index contributed by atoms with van der Waals surface area (Å²) in [5.41, 5.74) is 1.75. The fourth-order valence-corrected chi connectivity index (χ4v) is 5.80. The SMILES string of the molecule is Cc1nc(COc2nc(N3CCN(C(=O)/C=C/CF)C(CC#N)C3)c3cnc(-c4cccc5cccc(C)c45)c(F)c3n2)ncc1F. The number of fused-ring (bicyclic) bond motifs is 2. The lowest BCUT2D eigenvalue weighted by Gasteiger charge is -2.41. The van der Waals surface area contributed by atoms with E-state index < -0.39 is 30.3 Å². The van der Waals surface area contributed by atoms with Crippen molar-refractivity contribution in [3.05, 3.63) is 89.7 Å². The molecular formula is C34H29F3N8O2. The number of allylic oxidation sites excluding steroid dienone is 1. The number of halogens is 3. The molecule has 0 N–H and O–H groups in total. The molecule has 5 aromatic rings. The van der Waals surface area contributed by atoms with E-state index in [-0.39, 0.29) is 61.4 Å². The fraction of sp³-hybridized carbons (Fsp3) is 0.265. The van der Waals surface area contributed by atoms with Gasteiger partial charge in [0.1, 0.15) is 23.7 Å². The van der Waals surface area contributed by atoms with Crippen molar-refractivity contribution in [3.63, 3.8) is 0 Å². The van der Waals surface area contributed by atoms with E-state index in [9.17, 15) is 18.8 Å². The molecule has 1 saturated heterocycles. The molecule has 3 aromatic heterocycles. The van der Waals surface area contributed by atoms with Gasteiger partial charge in [-0.1, -0.05) is 36.4 Å². The van der Waals surface area contributed by atoms with Crippen LogP contribution in [0.15, 0.2) is 60.9 Å². The van der Waals surface area contributed by atoms with E-state index in [0.29, 0.717) is 16.8 Å². The van der Waals surface area contributed by atoms with Gasteiger partial charge in [-0.05, 0) is 36.3 Å². The monoisotopic (exact) mass is 638 g/mol. The summed E-state index contributed by atoms with van der Waals surface area (Å²) in [6.07, 6.45) is 4.83. The third kappa shape index (κ3) is 6.27. The van der Waals surface area contributed by atoms with Gasteiger partial charge in [0.2, 0.25) is 5.91 Å². The van der Waals surface area contributed by atoms with Crippen molar-refractivity contribution in [2.45, 2.75) is 32.9 Å². The van der Waals surface area contributed by atoms with Gasteiger partial charge in [-0.2, -0.15) is 15.2 Å². The number of anilines is 1. The second kappa shape index (κ2) is 13.4. The zero-order chi connectivity index (χ0) is 33.1. The molecule has 1 aliphatic rings. The average molecular weight is 639 g/mol. The van der Waals surface area contributed by atoms with Crippen molar-refractivity contribution in [1.29, 1.82) is 5.26 Å². The lowest BCUT2D eigenvalue weighted by Crippen LogP contribution is -2.55. The van der Waals surface area contributed by atoms with Crippen LogP contribution in [0, 0.1) is 36.8 Å². The number of amides is 1. The average Bonchev–Trinajstić information content (AvgIpc) is 3.08. The summed E-state index contributed by atoms with van der Waals surface area (Å²) in [5.74, 6) is -1.18. The molecule has 0 saturated carbocycles. The summed E-state index contributed by atoms with van der Waals surface area (Å²) >= 11 is 0. The molecule has 1 atom stereocenters. The first kappa shape index (κ1) is 31.3. The maximum Gasteiger partial charge on any atom is 0.319 e. The van der Waals surface area contributed by atoms with Gasteiger partial charge >= 0.3 is 6.01 Å². The maximum absolute atomic E-state index is 16.7. The first-order valence-corrected chi connectivity index (χ1v) is 14.9. The van der Waals surface area contributed by atoms with Crippen LogP contribution in [0.1, 0.15) is 23.5 Å². The summed E-state index contributed by atoms with van der Waals surface area (Å²) in [6.45, 7) is 3.11. The summed E-state index contributed by atoms with van der Waals surface area (Å²) in [4.78, 5) is 37.7. The van der Waals surface area contributed by atoms with E-state index in [4.69, 9.17) is 4.74 Å². The molecule has 1 amide bonds. The van der Waals surface area contributed by atoms with Crippen LogP contribution in [0.5, 0.6) is 6.01 Å². The van der Waals surface area contributed by atoms with Crippen LogP contribution in [0.2, 0.25) is 0 Å². The second-order valence-electron chi connectivity index (χ2n) is 11.1. The Morgan fingerprint density at radius 3 is 2.66 bits per heavy atom. The number of benzene rings is 2. The van der Waals surface area contributed by atoms with E-state index >= 15 is 4.39 Å². The van der Waals surface area contributed by atoms with Crippen molar-refractivity contribution < 1.29 is 22.7 Å². The minimum Gasteiger partial charge on any atom is -0.455 e. The quantitative estimate of drug-likeness (QED) is 0.201. The van der Waals surface area contributed by atoms with Gasteiger partial charge < -0.3 is 14.5 Å². The maximum atomic E-state index is 16.7. The normalized spacial score (nSPS) is 15.0. The number of rotatable bonds is 8. The molecule has 0 bridgehead atoms. The topological polar surface area (TPSA) is 121 Å². The van der Waals surface area contributed by atoms with Gasteiger partial charge in [0.05, 0.1) is 35.8 Å². The number of ether oxygens (including phenoxy) is 1. The van der Waals surface area contributed by atoms with E-state index in [1.165, 1.54) is 18.0 Å². The molecule has 10 nitrogen and oxygen atoms in total. The van der Waals surface area contributed by atoms with E-state index in [1.54, 1.807) is 6.07 Å². The number of carbonyl (C=O) groups excluding carboxylic acids is 1. The van der Waals surface area contributed by atoms with Crippen molar-refractivity contribution in [2.24, 2.45) is 0 Å². The number of hydrogen-bond acceptors (Lipinski definition) is 9. The molecule has 1 unspecified atom stereocenters. The smallest absolute Gasteiger partial charge is 0.319 e. The summed E-state index contributed by atoms with van der Waals surface area (Å²) in [5, 5.41) is 11.6. The summed E-state index contributed by atoms with van der Waals surface area (Å²) < 4.78 is 49.0. The standard InChI is InChI=1S/C34H29F3N8O2/c1-20-6-3-7-22-8-4-9-24(29(20)22)31-30(37)32-25(16-40-31)33(43-34(42-32)47-19-27-39-17-26(36)21(2)41-27)44-14-15-45(23(18-44)11-13-38)28(46)10-5-12-35/h3-10,16-17,23H,11-12,14-15,18-19H2,1-2H3/b10-5+. The number of aryl methyl sites for hydroxylation is 2. The van der Waals surface area contributed by atoms with Crippen LogP contribution in [-0.2, 0) is 11.4 Å². The molecule has 1 aliphatic heterocycles. The van der Waals surface area contributed by atoms with Crippen molar-refractivity contribution in [2.75, 3.05) is 31.2 Å². The Bertz CT molecular complexity index is 2060. The number of hydrogen-bond donors (Lipinski definition) is 0. The molecule has 6 rings (SSSR count). The van der Waals surface area contributed by atoms with Gasteiger partial charge in [-0.25, -0.2) is 23.1 Å². The van der Waals surface area contributed by atoms with Crippen molar-refractivity contribution in [1.82, 2.24) is 29.8 Å². The number of nitriles is 1. The van der Waals surface area contributed by atoms with Crippen LogP contribution in [-0.4, -0.2) is 68.1 Å². The Morgan fingerprint density at radius 1 is 1.09 bits per heavy atom. The molecule has 4 heterocycles. The van der Waals surface area contributed by atoms with Crippen LogP contribution in [0.3, 0.4) is 0 Å². The van der Waals surface area contributed by atoms with Crippen LogP contribution in [0.25, 0.3) is 32.9 Å². The molecule has 2 aromatic carbocycles. The number of nitrogens with zero attached hydrogens (tertiary/aromatic N) is 8. The largest absolute Gasteiger partial charge is 0.455 e. The number of pyridine rings is 1. The molecule has 47 heavy (non-hydrogen) atoms. The van der Waals surface area contributed by atoms with Gasteiger partial charge in [0.25, 0.3) is 0 Å².